The molecule has 6 rings (SSSR count). The molecule has 0 unspecified atom stereocenters. The Bertz CT molecular complexity index is 1530. The number of thiophene rings is 1. The van der Waals surface area contributed by atoms with Crippen molar-refractivity contribution in [3.8, 4) is 0 Å². The molecule has 4 aromatic heterocycles. The van der Waals surface area contributed by atoms with Gasteiger partial charge in [0.2, 0.25) is 5.91 Å². The van der Waals surface area contributed by atoms with Crippen LogP contribution in [0, 0.1) is 6.92 Å². The van der Waals surface area contributed by atoms with Crippen LogP contribution in [0.15, 0.2) is 35.7 Å². The van der Waals surface area contributed by atoms with Crippen molar-refractivity contribution < 1.29 is 9.53 Å². The van der Waals surface area contributed by atoms with Gasteiger partial charge in [-0.2, -0.15) is 9.61 Å². The van der Waals surface area contributed by atoms with Crippen LogP contribution in [0.1, 0.15) is 29.9 Å². The molecule has 1 aliphatic heterocycles. The van der Waals surface area contributed by atoms with Crippen molar-refractivity contribution >= 4 is 56.3 Å². The molecule has 9 nitrogen and oxygen atoms in total. The maximum atomic E-state index is 12.6. The number of rotatable bonds is 4. The quantitative estimate of drug-likeness (QED) is 0.391. The smallest absolute Gasteiger partial charge is 0.260 e. The molecular formula is C22H21N7O2S2. The molecule has 33 heavy (non-hydrogen) atoms. The Kier molecular flexibility index (Phi) is 4.68. The summed E-state index contributed by atoms with van der Waals surface area (Å²) < 4.78 is 9.76. The molecule has 1 amide bonds. The van der Waals surface area contributed by atoms with Gasteiger partial charge < -0.3 is 10.1 Å². The Morgan fingerprint density at radius 3 is 2.91 bits per heavy atom. The van der Waals surface area contributed by atoms with Gasteiger partial charge in [0.25, 0.3) is 5.78 Å². The molecule has 11 heteroatoms. The summed E-state index contributed by atoms with van der Waals surface area (Å²) in [5.41, 5.74) is 3.69. The number of nitrogens with one attached hydrogen (secondary N) is 1. The second kappa shape index (κ2) is 7.51. The van der Waals surface area contributed by atoms with Crippen LogP contribution in [0.2, 0.25) is 0 Å². The first-order chi connectivity index (χ1) is 15.9. The van der Waals surface area contributed by atoms with Crippen LogP contribution in [0.3, 0.4) is 0 Å². The molecule has 1 aromatic carbocycles. The minimum Gasteiger partial charge on any atom is -0.370 e. The van der Waals surface area contributed by atoms with Crippen molar-refractivity contribution in [2.24, 2.45) is 0 Å². The van der Waals surface area contributed by atoms with Gasteiger partial charge in [-0.05, 0) is 38.5 Å². The number of anilines is 1. The van der Waals surface area contributed by atoms with Gasteiger partial charge in [-0.1, -0.05) is 29.5 Å². The highest BCUT2D eigenvalue weighted by Crippen LogP contribution is 2.41. The van der Waals surface area contributed by atoms with Gasteiger partial charge in [0.05, 0.1) is 23.3 Å². The topological polar surface area (TPSA) is 98.7 Å². The van der Waals surface area contributed by atoms with Crippen molar-refractivity contribution in [3.63, 3.8) is 0 Å². The summed E-state index contributed by atoms with van der Waals surface area (Å²) in [4.78, 5) is 19.3. The van der Waals surface area contributed by atoms with E-state index in [1.165, 1.54) is 22.2 Å². The number of amides is 1. The summed E-state index contributed by atoms with van der Waals surface area (Å²) in [5.74, 6) is 0.696. The zero-order valence-corrected chi connectivity index (χ0v) is 20.0. The van der Waals surface area contributed by atoms with Gasteiger partial charge >= 0.3 is 0 Å². The molecule has 0 saturated carbocycles. The second-order valence-corrected chi connectivity index (χ2v) is 10.8. The fourth-order valence-corrected chi connectivity index (χ4v) is 6.14. The van der Waals surface area contributed by atoms with E-state index in [0.717, 1.165) is 33.5 Å². The van der Waals surface area contributed by atoms with E-state index in [0.29, 0.717) is 17.5 Å². The molecule has 0 fully saturated rings. The lowest BCUT2D eigenvalue weighted by atomic mass is 9.94. The van der Waals surface area contributed by atoms with E-state index in [1.807, 2.05) is 35.6 Å². The molecular weight excluding hydrogens is 458 g/mol. The monoisotopic (exact) mass is 479 g/mol. The lowest BCUT2D eigenvalue weighted by Gasteiger charge is -2.30. The molecule has 0 spiro atoms. The number of thioether (sulfide) groups is 1. The van der Waals surface area contributed by atoms with Crippen LogP contribution in [-0.4, -0.2) is 46.5 Å². The third-order valence-electron chi connectivity index (χ3n) is 5.72. The van der Waals surface area contributed by atoms with Crippen molar-refractivity contribution in [2.75, 3.05) is 11.1 Å². The predicted molar refractivity (Wildman–Crippen MR) is 128 cm³/mol. The van der Waals surface area contributed by atoms with Crippen molar-refractivity contribution in [1.82, 2.24) is 29.2 Å². The average Bonchev–Trinajstić information content (AvgIpc) is 3.49. The van der Waals surface area contributed by atoms with E-state index in [2.05, 4.69) is 39.4 Å². The first-order valence-electron chi connectivity index (χ1n) is 10.5. The summed E-state index contributed by atoms with van der Waals surface area (Å²) in [7, 11) is 0. The van der Waals surface area contributed by atoms with Gasteiger partial charge in [-0.3, -0.25) is 4.79 Å². The van der Waals surface area contributed by atoms with Gasteiger partial charge in [0.15, 0.2) is 10.8 Å². The van der Waals surface area contributed by atoms with Crippen LogP contribution in [0.25, 0.3) is 21.6 Å². The van der Waals surface area contributed by atoms with Crippen LogP contribution in [-0.2, 0) is 22.6 Å². The summed E-state index contributed by atoms with van der Waals surface area (Å²) >= 11 is 3.02. The lowest BCUT2D eigenvalue weighted by molar-refractivity contribution is -0.113. The number of carbonyl (C=O) groups excluding carboxylic acids is 1. The number of ether oxygens (including phenoxy) is 1. The highest BCUT2D eigenvalue weighted by atomic mass is 32.2. The third kappa shape index (κ3) is 3.47. The average molecular weight is 480 g/mol. The molecule has 1 N–H and O–H groups in total. The van der Waals surface area contributed by atoms with E-state index in [9.17, 15) is 4.79 Å². The molecule has 0 atom stereocenters. The maximum absolute atomic E-state index is 12.6. The molecule has 0 aliphatic carbocycles. The highest BCUT2D eigenvalue weighted by molar-refractivity contribution is 7.99. The number of benzene rings is 1. The number of nitrogens with zero attached hydrogens (tertiary/aromatic N) is 6. The maximum Gasteiger partial charge on any atom is 0.260 e. The first kappa shape index (κ1) is 20.6. The number of fused-ring (bicyclic) bond motifs is 8. The van der Waals surface area contributed by atoms with Crippen LogP contribution >= 0.6 is 23.1 Å². The highest BCUT2D eigenvalue weighted by Gasteiger charge is 2.32. The SMILES string of the molecule is Cc1ccc(NC(=O)CSc2nnc3n4ncnc4c4c5c(sc4n23)COC(C)(C)C5)cc1. The van der Waals surface area contributed by atoms with Gasteiger partial charge in [0, 0.05) is 17.0 Å². The minimum absolute atomic E-state index is 0.0979. The summed E-state index contributed by atoms with van der Waals surface area (Å²) in [6.45, 7) is 6.78. The Morgan fingerprint density at radius 2 is 2.09 bits per heavy atom. The fraction of sp³-hybridized carbons (Fsp3) is 0.318. The number of carbonyl (C=O) groups is 1. The van der Waals surface area contributed by atoms with Crippen molar-refractivity contribution in [2.45, 2.75) is 44.6 Å². The second-order valence-electron chi connectivity index (χ2n) is 8.73. The van der Waals surface area contributed by atoms with E-state index >= 15 is 0 Å². The van der Waals surface area contributed by atoms with Gasteiger partial charge in [0.1, 0.15) is 11.2 Å². The fourth-order valence-electron chi connectivity index (χ4n) is 4.12. The Labute approximate surface area is 197 Å². The summed E-state index contributed by atoms with van der Waals surface area (Å²) in [5, 5.41) is 17.8. The Morgan fingerprint density at radius 1 is 1.27 bits per heavy atom. The predicted octanol–water partition coefficient (Wildman–Crippen LogP) is 3.88. The van der Waals surface area contributed by atoms with Crippen molar-refractivity contribution in [3.05, 3.63) is 46.6 Å². The Hall–Kier alpha value is -3.02. The van der Waals surface area contributed by atoms with Gasteiger partial charge in [-0.15, -0.1) is 21.5 Å². The van der Waals surface area contributed by atoms with Crippen LogP contribution in [0.5, 0.6) is 0 Å². The molecule has 0 radical (unpaired) electrons. The zero-order chi connectivity index (χ0) is 22.7. The van der Waals surface area contributed by atoms with E-state index in [-0.39, 0.29) is 17.3 Å². The van der Waals surface area contributed by atoms with Crippen LogP contribution in [0.4, 0.5) is 5.69 Å². The molecule has 5 aromatic rings. The largest absolute Gasteiger partial charge is 0.370 e. The van der Waals surface area contributed by atoms with E-state index in [4.69, 9.17) is 4.74 Å². The third-order valence-corrected chi connectivity index (χ3v) is 7.84. The minimum atomic E-state index is -0.244. The summed E-state index contributed by atoms with van der Waals surface area (Å²) in [6.07, 6.45) is 2.33. The van der Waals surface area contributed by atoms with Gasteiger partial charge in [-0.25, -0.2) is 9.38 Å². The normalized spacial score (nSPS) is 15.4. The Balaban J connectivity index is 1.39. The van der Waals surface area contributed by atoms with Crippen LogP contribution < -0.4 is 5.32 Å². The molecule has 0 bridgehead atoms. The molecule has 0 saturated heterocycles. The number of hydrogen-bond donors (Lipinski definition) is 1. The lowest BCUT2D eigenvalue weighted by Crippen LogP contribution is -2.31. The standard InChI is InChI=1S/C22H21N7O2S2/c1-12-4-6-13(7-5-12)25-16(30)10-32-21-27-26-20-28(21)19-17(18-23-11-24-29(18)20)14-8-22(2,3)31-9-15(14)33-19/h4-7,11H,8-10H2,1-3H3,(H,25,30). The molecule has 1 aliphatic rings. The number of hydrogen-bond acceptors (Lipinski definition) is 8. The van der Waals surface area contributed by atoms with Crippen molar-refractivity contribution in [1.29, 1.82) is 0 Å². The number of aromatic nitrogens is 6. The number of aryl methyl sites for hydroxylation is 1. The molecule has 5 heterocycles. The first-order valence-corrected chi connectivity index (χ1v) is 12.3. The van der Waals surface area contributed by atoms with E-state index < -0.39 is 0 Å². The summed E-state index contributed by atoms with van der Waals surface area (Å²) in [6, 6.07) is 7.74. The molecule has 168 valence electrons. The zero-order valence-electron chi connectivity index (χ0n) is 18.3. The van der Waals surface area contributed by atoms with E-state index in [1.54, 1.807) is 22.2 Å².